The zero-order chi connectivity index (χ0) is 23.1. The van der Waals surface area contributed by atoms with Gasteiger partial charge in [-0.05, 0) is 91.4 Å². The maximum atomic E-state index is 9.05. The van der Waals surface area contributed by atoms with Crippen molar-refractivity contribution in [2.45, 2.75) is 112 Å². The van der Waals surface area contributed by atoms with E-state index in [-0.39, 0.29) is 0 Å². The molecule has 0 spiro atoms. The minimum atomic E-state index is 0.331. The van der Waals surface area contributed by atoms with Crippen LogP contribution >= 0.6 is 21.6 Å². The molecule has 0 saturated heterocycles. The molecule has 2 aliphatic carbocycles. The van der Waals surface area contributed by atoms with Gasteiger partial charge in [-0.15, -0.1) is 0 Å². The molecule has 32 heavy (non-hydrogen) atoms. The molecule has 2 N–H and O–H groups in total. The molecule has 0 aromatic carbocycles. The van der Waals surface area contributed by atoms with Crippen LogP contribution in [0.1, 0.15) is 103 Å². The van der Waals surface area contributed by atoms with Crippen LogP contribution in [0.15, 0.2) is 0 Å². The molecule has 0 atom stereocenters. The fourth-order valence-electron chi connectivity index (χ4n) is 5.59. The van der Waals surface area contributed by atoms with Gasteiger partial charge in [0.25, 0.3) is 0 Å². The maximum absolute atomic E-state index is 9.05. The van der Waals surface area contributed by atoms with Gasteiger partial charge in [0.2, 0.25) is 0 Å². The van der Waals surface area contributed by atoms with E-state index >= 15 is 0 Å². The van der Waals surface area contributed by atoms with Gasteiger partial charge in [0.05, 0.1) is 0 Å². The van der Waals surface area contributed by atoms with E-state index in [1.54, 1.807) is 0 Å². The van der Waals surface area contributed by atoms with Crippen LogP contribution < -0.4 is 0 Å². The molecule has 0 aliphatic heterocycles. The SMILES string of the molecule is CN(CCCCCO)CC1(SSC2(CN(C)CCCCCO)CCCCC2)CCCCC1. The number of aliphatic hydroxyl groups is 2. The van der Waals surface area contributed by atoms with Crippen molar-refractivity contribution in [2.24, 2.45) is 0 Å². The van der Waals surface area contributed by atoms with E-state index in [2.05, 4.69) is 45.5 Å². The number of hydrogen-bond acceptors (Lipinski definition) is 6. The second-order valence-corrected chi connectivity index (χ2v) is 13.8. The summed E-state index contributed by atoms with van der Waals surface area (Å²) in [5.74, 6) is 0. The average molecular weight is 489 g/mol. The first-order valence-corrected chi connectivity index (χ1v) is 15.6. The van der Waals surface area contributed by atoms with Crippen molar-refractivity contribution in [3.63, 3.8) is 0 Å². The highest BCUT2D eigenvalue weighted by molar-refractivity contribution is 8.77. The van der Waals surface area contributed by atoms with Crippen LogP contribution in [0.4, 0.5) is 0 Å². The highest BCUT2D eigenvalue weighted by Crippen LogP contribution is 2.54. The maximum Gasteiger partial charge on any atom is 0.0431 e. The molecule has 0 aromatic heterocycles. The first kappa shape index (κ1) is 28.8. The smallest absolute Gasteiger partial charge is 0.0431 e. The largest absolute Gasteiger partial charge is 0.396 e. The summed E-state index contributed by atoms with van der Waals surface area (Å²) < 4.78 is 0.831. The van der Waals surface area contributed by atoms with E-state index in [0.717, 1.165) is 38.8 Å². The minimum Gasteiger partial charge on any atom is -0.396 e. The van der Waals surface area contributed by atoms with Crippen LogP contribution in [-0.2, 0) is 0 Å². The highest BCUT2D eigenvalue weighted by atomic mass is 33.1. The first-order valence-electron chi connectivity index (χ1n) is 13.5. The summed E-state index contributed by atoms with van der Waals surface area (Å²) in [5, 5.41) is 18.1. The van der Waals surface area contributed by atoms with Crippen LogP contribution in [0.3, 0.4) is 0 Å². The Kier molecular flexibility index (Phi) is 14.6. The number of aliphatic hydroxyl groups excluding tert-OH is 2. The zero-order valence-electron chi connectivity index (χ0n) is 21.2. The molecule has 0 heterocycles. The van der Waals surface area contributed by atoms with Crippen LogP contribution in [0.5, 0.6) is 0 Å². The van der Waals surface area contributed by atoms with Gasteiger partial charge < -0.3 is 20.0 Å². The molecular weight excluding hydrogens is 436 g/mol. The van der Waals surface area contributed by atoms with Crippen LogP contribution in [-0.4, -0.2) is 83.0 Å². The lowest BCUT2D eigenvalue weighted by atomic mass is 9.88. The van der Waals surface area contributed by atoms with E-state index in [1.165, 1.54) is 90.1 Å². The van der Waals surface area contributed by atoms with Gasteiger partial charge in [-0.2, -0.15) is 0 Å². The normalized spacial score (nSPS) is 20.8. The molecule has 0 unspecified atom stereocenters. The standard InChI is InChI=1S/C26H52N2O2S2/c1-27(19-11-5-13-21-29)23-25(15-7-3-8-16-25)31-32-26(17-9-4-10-18-26)24-28(2)20-12-6-14-22-30/h29-30H,3-24H2,1-2H3. The molecule has 0 aromatic rings. The lowest BCUT2D eigenvalue weighted by molar-refractivity contribution is 0.244. The molecule has 0 bridgehead atoms. The Hall–Kier alpha value is 0.540. The summed E-state index contributed by atoms with van der Waals surface area (Å²) in [4.78, 5) is 5.16. The summed E-state index contributed by atoms with van der Waals surface area (Å²) in [6, 6.07) is 0. The van der Waals surface area contributed by atoms with Gasteiger partial charge in [0, 0.05) is 35.8 Å². The van der Waals surface area contributed by atoms with E-state index < -0.39 is 0 Å². The van der Waals surface area contributed by atoms with Crippen molar-refractivity contribution in [1.82, 2.24) is 9.80 Å². The van der Waals surface area contributed by atoms with Gasteiger partial charge >= 0.3 is 0 Å². The summed E-state index contributed by atoms with van der Waals surface area (Å²) in [6.07, 6.45) is 20.5. The lowest BCUT2D eigenvalue weighted by Gasteiger charge is -2.44. The highest BCUT2D eigenvalue weighted by Gasteiger charge is 2.40. The number of unbranched alkanes of at least 4 members (excludes halogenated alkanes) is 4. The summed E-state index contributed by atoms with van der Waals surface area (Å²) in [6.45, 7) is 5.42. The van der Waals surface area contributed by atoms with Crippen molar-refractivity contribution in [2.75, 3.05) is 53.5 Å². The fourth-order valence-corrected chi connectivity index (χ4v) is 9.77. The second kappa shape index (κ2) is 16.3. The van der Waals surface area contributed by atoms with Crippen LogP contribution in [0.25, 0.3) is 0 Å². The molecular formula is C26H52N2O2S2. The van der Waals surface area contributed by atoms with Crippen LogP contribution in [0, 0.1) is 0 Å². The molecule has 2 fully saturated rings. The van der Waals surface area contributed by atoms with E-state index in [4.69, 9.17) is 10.2 Å². The molecule has 4 nitrogen and oxygen atoms in total. The summed E-state index contributed by atoms with van der Waals surface area (Å²) in [7, 11) is 9.18. The Morgan fingerprint density at radius 1 is 0.562 bits per heavy atom. The molecule has 2 saturated carbocycles. The minimum absolute atomic E-state index is 0.331. The topological polar surface area (TPSA) is 46.9 Å². The van der Waals surface area contributed by atoms with Crippen molar-refractivity contribution in [3.05, 3.63) is 0 Å². The Balaban J connectivity index is 1.92. The number of hydrogen-bond donors (Lipinski definition) is 2. The third-order valence-corrected chi connectivity index (χ3v) is 11.7. The zero-order valence-corrected chi connectivity index (χ0v) is 22.8. The molecule has 2 rings (SSSR count). The molecule has 0 radical (unpaired) electrons. The van der Waals surface area contributed by atoms with E-state index in [9.17, 15) is 0 Å². The number of nitrogens with zero attached hydrogens (tertiary/aromatic N) is 2. The molecule has 0 amide bonds. The lowest BCUT2D eigenvalue weighted by Crippen LogP contribution is -2.43. The average Bonchev–Trinajstić information content (AvgIpc) is 2.80. The van der Waals surface area contributed by atoms with Gasteiger partial charge in [0.1, 0.15) is 0 Å². The molecule has 2 aliphatic rings. The van der Waals surface area contributed by atoms with Gasteiger partial charge in [-0.3, -0.25) is 0 Å². The summed E-state index contributed by atoms with van der Waals surface area (Å²) >= 11 is 0. The Bertz CT molecular complexity index is 427. The molecule has 6 heteroatoms. The summed E-state index contributed by atoms with van der Waals surface area (Å²) in [5.41, 5.74) is 0. The third kappa shape index (κ3) is 10.9. The van der Waals surface area contributed by atoms with Gasteiger partial charge in [0.15, 0.2) is 0 Å². The predicted octanol–water partition coefficient (Wildman–Crippen LogP) is 5.96. The van der Waals surface area contributed by atoms with Gasteiger partial charge in [-0.25, -0.2) is 0 Å². The fraction of sp³-hybridized carbons (Fsp3) is 1.00. The van der Waals surface area contributed by atoms with Crippen molar-refractivity contribution in [3.8, 4) is 0 Å². The quantitative estimate of drug-likeness (QED) is 0.194. The Morgan fingerprint density at radius 3 is 1.28 bits per heavy atom. The third-order valence-electron chi connectivity index (χ3n) is 7.44. The predicted molar refractivity (Wildman–Crippen MR) is 144 cm³/mol. The van der Waals surface area contributed by atoms with E-state index in [1.807, 2.05) is 0 Å². The van der Waals surface area contributed by atoms with Crippen molar-refractivity contribution >= 4 is 21.6 Å². The number of rotatable bonds is 17. The Morgan fingerprint density at radius 2 is 0.938 bits per heavy atom. The Labute approximate surface area is 207 Å². The van der Waals surface area contributed by atoms with Crippen LogP contribution in [0.2, 0.25) is 0 Å². The van der Waals surface area contributed by atoms with Gasteiger partial charge in [-0.1, -0.05) is 60.1 Å². The monoisotopic (exact) mass is 488 g/mol. The van der Waals surface area contributed by atoms with Crippen molar-refractivity contribution < 1.29 is 10.2 Å². The molecule has 190 valence electrons. The van der Waals surface area contributed by atoms with E-state index in [0.29, 0.717) is 22.7 Å². The second-order valence-electron chi connectivity index (χ2n) is 10.7. The van der Waals surface area contributed by atoms with Crippen molar-refractivity contribution in [1.29, 1.82) is 0 Å². The first-order chi connectivity index (χ1) is 15.5.